The summed E-state index contributed by atoms with van der Waals surface area (Å²) in [7, 11) is 0. The smallest absolute Gasteiger partial charge is 0.269 e. The zero-order valence-electron chi connectivity index (χ0n) is 11.9. The molecule has 22 heavy (non-hydrogen) atoms. The molecule has 3 aromatic rings. The Kier molecular flexibility index (Phi) is 3.72. The van der Waals surface area contributed by atoms with E-state index >= 15 is 0 Å². The maximum Gasteiger partial charge on any atom is 0.269 e. The van der Waals surface area contributed by atoms with E-state index < -0.39 is 4.92 Å². The highest BCUT2D eigenvalue weighted by Gasteiger charge is 2.16. The Morgan fingerprint density at radius 3 is 2.68 bits per heavy atom. The van der Waals surface area contributed by atoms with Crippen LogP contribution in [0.1, 0.15) is 28.7 Å². The zero-order valence-corrected chi connectivity index (χ0v) is 12.7. The number of hydrogen-bond acceptors (Lipinski definition) is 5. The predicted octanol–water partition coefficient (Wildman–Crippen LogP) is 3.74. The summed E-state index contributed by atoms with van der Waals surface area (Å²) in [5.74, 6) is 0. The van der Waals surface area contributed by atoms with Crippen molar-refractivity contribution < 1.29 is 9.72 Å². The first-order valence-corrected chi connectivity index (χ1v) is 7.66. The van der Waals surface area contributed by atoms with Gasteiger partial charge in [0.15, 0.2) is 11.2 Å². The van der Waals surface area contributed by atoms with E-state index in [9.17, 15) is 14.9 Å². The molecule has 2 aromatic heterocycles. The first kappa shape index (κ1) is 14.4. The van der Waals surface area contributed by atoms with E-state index in [-0.39, 0.29) is 5.69 Å². The number of imidazole rings is 1. The number of nitro benzene ring substituents is 1. The van der Waals surface area contributed by atoms with Gasteiger partial charge in [-0.05, 0) is 18.6 Å². The van der Waals surface area contributed by atoms with E-state index in [0.29, 0.717) is 17.0 Å². The van der Waals surface area contributed by atoms with Crippen LogP contribution in [-0.2, 0) is 6.42 Å². The molecule has 0 radical (unpaired) electrons. The summed E-state index contributed by atoms with van der Waals surface area (Å²) in [6, 6.07) is 6.06. The van der Waals surface area contributed by atoms with Gasteiger partial charge >= 0.3 is 0 Å². The summed E-state index contributed by atoms with van der Waals surface area (Å²) in [5.41, 5.74) is 1.74. The van der Waals surface area contributed by atoms with E-state index in [1.54, 1.807) is 27.9 Å². The molecule has 0 unspecified atom stereocenters. The van der Waals surface area contributed by atoms with Crippen molar-refractivity contribution in [1.29, 1.82) is 0 Å². The molecule has 3 rings (SSSR count). The molecule has 6 nitrogen and oxygen atoms in total. The van der Waals surface area contributed by atoms with Crippen molar-refractivity contribution in [3.8, 4) is 11.3 Å². The highest BCUT2D eigenvalue weighted by atomic mass is 32.1. The lowest BCUT2D eigenvalue weighted by Crippen LogP contribution is -1.92. The molecule has 0 spiro atoms. The summed E-state index contributed by atoms with van der Waals surface area (Å²) in [5, 5.41) is 10.7. The summed E-state index contributed by atoms with van der Waals surface area (Å²) >= 11 is 1.56. The molecule has 1 aromatic carbocycles. The Labute approximate surface area is 130 Å². The van der Waals surface area contributed by atoms with Crippen LogP contribution in [0.5, 0.6) is 0 Å². The Hall–Kier alpha value is -2.54. The van der Waals surface area contributed by atoms with Crippen LogP contribution in [0, 0.1) is 10.1 Å². The number of nitrogens with zero attached hydrogens (tertiary/aromatic N) is 3. The molecule has 0 amide bonds. The number of nitro groups is 1. The number of carbonyl (C=O) groups excluding carboxylic acids is 1. The Morgan fingerprint density at radius 1 is 1.36 bits per heavy atom. The van der Waals surface area contributed by atoms with Gasteiger partial charge in [-0.15, -0.1) is 11.3 Å². The van der Waals surface area contributed by atoms with Crippen LogP contribution in [0.15, 0.2) is 30.5 Å². The molecule has 0 aliphatic heterocycles. The summed E-state index contributed by atoms with van der Waals surface area (Å²) < 4.78 is 1.79. The van der Waals surface area contributed by atoms with E-state index in [4.69, 9.17) is 0 Å². The number of non-ortho nitro benzene ring substituents is 1. The molecule has 0 N–H and O–H groups in total. The van der Waals surface area contributed by atoms with Gasteiger partial charge in [0, 0.05) is 28.8 Å². The number of carbonyl (C=O) groups is 1. The van der Waals surface area contributed by atoms with Crippen molar-refractivity contribution in [1.82, 2.24) is 9.38 Å². The van der Waals surface area contributed by atoms with Crippen molar-refractivity contribution in [3.63, 3.8) is 0 Å². The van der Waals surface area contributed by atoms with E-state index in [1.807, 2.05) is 6.20 Å². The molecular formula is C15H13N3O3S. The second-order valence-electron chi connectivity index (χ2n) is 4.87. The number of fused-ring (bicyclic) bond motifs is 1. The van der Waals surface area contributed by atoms with Crippen LogP contribution < -0.4 is 0 Å². The second kappa shape index (κ2) is 5.69. The molecule has 0 aliphatic rings. The maximum absolute atomic E-state index is 11.5. The summed E-state index contributed by atoms with van der Waals surface area (Å²) in [6.07, 6.45) is 4.71. The standard InChI is InChI=1S/C15H13N3O3S/c1-2-3-12-8-17-13(9-19)14(16-15(17)22-12)10-4-6-11(7-5-10)18(20)21/h4-9H,2-3H2,1H3. The largest absolute Gasteiger partial charge is 0.296 e. The number of benzene rings is 1. The quantitative estimate of drug-likeness (QED) is 0.408. The van der Waals surface area contributed by atoms with E-state index in [2.05, 4.69) is 11.9 Å². The van der Waals surface area contributed by atoms with Crippen molar-refractivity contribution in [2.24, 2.45) is 0 Å². The minimum absolute atomic E-state index is 0.0163. The lowest BCUT2D eigenvalue weighted by molar-refractivity contribution is -0.384. The van der Waals surface area contributed by atoms with Crippen LogP contribution in [0.25, 0.3) is 16.2 Å². The van der Waals surface area contributed by atoms with Crippen LogP contribution in [0.3, 0.4) is 0 Å². The third kappa shape index (κ3) is 2.39. The number of thiazole rings is 1. The fourth-order valence-corrected chi connectivity index (χ4v) is 3.42. The molecule has 7 heteroatoms. The Morgan fingerprint density at radius 2 is 2.09 bits per heavy atom. The van der Waals surface area contributed by atoms with Gasteiger partial charge in [0.2, 0.25) is 0 Å². The first-order valence-electron chi connectivity index (χ1n) is 6.84. The van der Waals surface area contributed by atoms with Gasteiger partial charge in [0.05, 0.1) is 4.92 Å². The van der Waals surface area contributed by atoms with Gasteiger partial charge < -0.3 is 0 Å². The molecule has 0 aliphatic carbocycles. The first-order chi connectivity index (χ1) is 10.6. The Balaban J connectivity index is 2.08. The number of aromatic nitrogens is 2. The molecule has 0 fully saturated rings. The normalized spacial score (nSPS) is 11.0. The lowest BCUT2D eigenvalue weighted by Gasteiger charge is -1.98. The minimum Gasteiger partial charge on any atom is -0.296 e. The monoisotopic (exact) mass is 315 g/mol. The number of hydrogen-bond donors (Lipinski definition) is 0. The van der Waals surface area contributed by atoms with Gasteiger partial charge in [-0.25, -0.2) is 4.98 Å². The third-order valence-electron chi connectivity index (χ3n) is 3.37. The summed E-state index contributed by atoms with van der Waals surface area (Å²) in [6.45, 7) is 2.10. The molecule has 2 heterocycles. The third-order valence-corrected chi connectivity index (χ3v) is 4.41. The van der Waals surface area contributed by atoms with Crippen LogP contribution in [0.2, 0.25) is 0 Å². The van der Waals surface area contributed by atoms with Crippen LogP contribution in [0.4, 0.5) is 5.69 Å². The maximum atomic E-state index is 11.5. The highest BCUT2D eigenvalue weighted by Crippen LogP contribution is 2.29. The van der Waals surface area contributed by atoms with Crippen molar-refractivity contribution >= 4 is 28.3 Å². The SMILES string of the molecule is CCCc1cn2c(C=O)c(-c3ccc([N+](=O)[O-])cc3)nc2s1. The lowest BCUT2D eigenvalue weighted by atomic mass is 10.1. The molecule has 112 valence electrons. The molecule has 0 atom stereocenters. The van der Waals surface area contributed by atoms with E-state index in [0.717, 1.165) is 24.1 Å². The number of aldehydes is 1. The molecule has 0 saturated carbocycles. The van der Waals surface area contributed by atoms with Gasteiger partial charge in [0.25, 0.3) is 5.69 Å². The van der Waals surface area contributed by atoms with Crippen molar-refractivity contribution in [2.75, 3.05) is 0 Å². The highest BCUT2D eigenvalue weighted by molar-refractivity contribution is 7.17. The fourth-order valence-electron chi connectivity index (χ4n) is 2.34. The number of rotatable bonds is 5. The molecular weight excluding hydrogens is 302 g/mol. The van der Waals surface area contributed by atoms with Crippen molar-refractivity contribution in [2.45, 2.75) is 19.8 Å². The average molecular weight is 315 g/mol. The van der Waals surface area contributed by atoms with Gasteiger partial charge in [-0.1, -0.05) is 13.3 Å². The second-order valence-corrected chi connectivity index (χ2v) is 5.96. The van der Waals surface area contributed by atoms with E-state index in [1.165, 1.54) is 17.0 Å². The Bertz CT molecular complexity index is 849. The van der Waals surface area contributed by atoms with Crippen LogP contribution in [-0.4, -0.2) is 20.6 Å². The van der Waals surface area contributed by atoms with Gasteiger partial charge in [0.1, 0.15) is 11.4 Å². The minimum atomic E-state index is -0.451. The zero-order chi connectivity index (χ0) is 15.7. The summed E-state index contributed by atoms with van der Waals surface area (Å²) in [4.78, 5) is 28.2. The molecule has 0 saturated heterocycles. The van der Waals surface area contributed by atoms with Gasteiger partial charge in [-0.2, -0.15) is 0 Å². The fraction of sp³-hybridized carbons (Fsp3) is 0.200. The predicted molar refractivity (Wildman–Crippen MR) is 84.5 cm³/mol. The molecule has 0 bridgehead atoms. The average Bonchev–Trinajstić information content (AvgIpc) is 3.04. The van der Waals surface area contributed by atoms with Crippen LogP contribution >= 0.6 is 11.3 Å². The number of aryl methyl sites for hydroxylation is 1. The van der Waals surface area contributed by atoms with Crippen molar-refractivity contribution in [3.05, 3.63) is 51.1 Å². The van der Waals surface area contributed by atoms with Gasteiger partial charge in [-0.3, -0.25) is 19.3 Å². The topological polar surface area (TPSA) is 77.5 Å².